The van der Waals surface area contributed by atoms with Crippen LogP contribution < -0.4 is 10.6 Å². The van der Waals surface area contributed by atoms with Crippen LogP contribution in [0.4, 0.5) is 4.79 Å². The summed E-state index contributed by atoms with van der Waals surface area (Å²) in [6.45, 7) is 0.937. The molecule has 0 aromatic heterocycles. The van der Waals surface area contributed by atoms with Gasteiger partial charge in [0.25, 0.3) is 11.8 Å². The molecule has 8 nitrogen and oxygen atoms in total. The van der Waals surface area contributed by atoms with Gasteiger partial charge in [0.2, 0.25) is 0 Å². The minimum absolute atomic E-state index is 0.192. The summed E-state index contributed by atoms with van der Waals surface area (Å²) < 4.78 is 4.91. The molecule has 2 unspecified atom stereocenters. The first-order valence-electron chi connectivity index (χ1n) is 8.39. The molecular formula is C18H22N4O4. The number of likely N-dealkylation sites (N-methyl/N-ethyl adjacent to an activating group) is 1. The quantitative estimate of drug-likeness (QED) is 0.702. The maximum Gasteiger partial charge on any atom is 0.325 e. The number of carbonyl (C=O) groups is 3. The zero-order chi connectivity index (χ0) is 18.7. The Labute approximate surface area is 151 Å². The lowest BCUT2D eigenvalue weighted by Crippen LogP contribution is -2.64. The number of hydrogen-bond donors (Lipinski definition) is 2. The van der Waals surface area contributed by atoms with Gasteiger partial charge in [-0.1, -0.05) is 30.3 Å². The third-order valence-electron chi connectivity index (χ3n) is 4.51. The predicted octanol–water partition coefficient (Wildman–Crippen LogP) is 0.0675. The third-order valence-corrected chi connectivity index (χ3v) is 4.51. The van der Waals surface area contributed by atoms with Gasteiger partial charge in [-0.3, -0.25) is 14.5 Å². The molecule has 0 spiro atoms. The van der Waals surface area contributed by atoms with E-state index in [4.69, 9.17) is 4.74 Å². The third kappa shape index (κ3) is 3.41. The summed E-state index contributed by atoms with van der Waals surface area (Å²) in [6, 6.07) is 7.53. The number of fused-ring (bicyclic) bond motifs is 1. The van der Waals surface area contributed by atoms with Crippen LogP contribution in [-0.4, -0.2) is 67.0 Å². The van der Waals surface area contributed by atoms with Gasteiger partial charge in [-0.15, -0.1) is 0 Å². The van der Waals surface area contributed by atoms with Crippen LogP contribution in [0, 0.1) is 0 Å². The first kappa shape index (κ1) is 17.9. The summed E-state index contributed by atoms with van der Waals surface area (Å²) in [5.41, 5.74) is 1.23. The largest absolute Gasteiger partial charge is 0.383 e. The van der Waals surface area contributed by atoms with Gasteiger partial charge < -0.3 is 20.3 Å². The number of methoxy groups -OCH3 is 1. The van der Waals surface area contributed by atoms with Gasteiger partial charge in [0.1, 0.15) is 6.04 Å². The van der Waals surface area contributed by atoms with Gasteiger partial charge in [-0.25, -0.2) is 4.79 Å². The number of imide groups is 1. The highest BCUT2D eigenvalue weighted by atomic mass is 16.5. The second-order valence-electron chi connectivity index (χ2n) is 6.28. The summed E-state index contributed by atoms with van der Waals surface area (Å²) >= 11 is 0. The van der Waals surface area contributed by atoms with Gasteiger partial charge >= 0.3 is 6.03 Å². The Morgan fingerprint density at radius 1 is 1.27 bits per heavy atom. The molecule has 1 saturated heterocycles. The van der Waals surface area contributed by atoms with Crippen LogP contribution in [0.1, 0.15) is 5.56 Å². The summed E-state index contributed by atoms with van der Waals surface area (Å²) in [5, 5.41) is 5.52. The van der Waals surface area contributed by atoms with E-state index in [0.29, 0.717) is 18.7 Å². The minimum atomic E-state index is -0.658. The van der Waals surface area contributed by atoms with Crippen LogP contribution in [-0.2, 0) is 20.9 Å². The number of rotatable bonds is 6. The number of urea groups is 1. The Morgan fingerprint density at radius 3 is 2.69 bits per heavy atom. The molecule has 0 saturated carbocycles. The molecule has 8 heteroatoms. The van der Waals surface area contributed by atoms with Crippen molar-refractivity contribution in [3.63, 3.8) is 0 Å². The summed E-state index contributed by atoms with van der Waals surface area (Å²) in [5.74, 6) is -0.632. The molecule has 138 valence electrons. The SMILES string of the molecule is COCCNC(=O)C1=CN(C)C2C(=O)N(Cc3ccccc3)C(=O)NC12. The van der Waals surface area contributed by atoms with E-state index >= 15 is 0 Å². The van der Waals surface area contributed by atoms with Crippen LogP contribution in [0.15, 0.2) is 42.1 Å². The van der Waals surface area contributed by atoms with Crippen molar-refractivity contribution >= 4 is 17.8 Å². The normalized spacial score (nSPS) is 22.0. The molecule has 0 aliphatic carbocycles. The van der Waals surface area contributed by atoms with Crippen molar-refractivity contribution in [1.29, 1.82) is 0 Å². The smallest absolute Gasteiger partial charge is 0.325 e. The number of nitrogens with zero attached hydrogens (tertiary/aromatic N) is 2. The van der Waals surface area contributed by atoms with Crippen LogP contribution in [0.5, 0.6) is 0 Å². The molecule has 1 aromatic rings. The van der Waals surface area contributed by atoms with Crippen LogP contribution >= 0.6 is 0 Å². The average molecular weight is 358 g/mol. The second kappa shape index (κ2) is 7.57. The van der Waals surface area contributed by atoms with E-state index in [-0.39, 0.29) is 18.4 Å². The first-order chi connectivity index (χ1) is 12.5. The highest BCUT2D eigenvalue weighted by Crippen LogP contribution is 2.27. The Morgan fingerprint density at radius 2 is 2.00 bits per heavy atom. The van der Waals surface area contributed by atoms with Crippen molar-refractivity contribution < 1.29 is 19.1 Å². The topological polar surface area (TPSA) is 91.0 Å². The monoisotopic (exact) mass is 358 g/mol. The molecule has 26 heavy (non-hydrogen) atoms. The van der Waals surface area contributed by atoms with E-state index in [0.717, 1.165) is 5.56 Å². The van der Waals surface area contributed by atoms with Gasteiger partial charge in [-0.2, -0.15) is 0 Å². The fourth-order valence-electron chi connectivity index (χ4n) is 3.21. The van der Waals surface area contributed by atoms with Crippen molar-refractivity contribution in [2.24, 2.45) is 0 Å². The fourth-order valence-corrected chi connectivity index (χ4v) is 3.21. The fraction of sp³-hybridized carbons (Fsp3) is 0.389. The van der Waals surface area contributed by atoms with E-state index in [2.05, 4.69) is 10.6 Å². The van der Waals surface area contributed by atoms with Gasteiger partial charge in [0, 0.05) is 26.9 Å². The van der Waals surface area contributed by atoms with Crippen LogP contribution in [0.2, 0.25) is 0 Å². The molecule has 2 heterocycles. The van der Waals surface area contributed by atoms with Crippen molar-refractivity contribution in [3.8, 4) is 0 Å². The minimum Gasteiger partial charge on any atom is -0.383 e. The molecule has 1 fully saturated rings. The van der Waals surface area contributed by atoms with Crippen molar-refractivity contribution in [1.82, 2.24) is 20.4 Å². The zero-order valence-electron chi connectivity index (χ0n) is 14.8. The average Bonchev–Trinajstić information content (AvgIpc) is 2.96. The molecule has 1 aromatic carbocycles. The molecule has 2 atom stereocenters. The number of benzene rings is 1. The lowest BCUT2D eigenvalue weighted by molar-refractivity contribution is -0.135. The standard InChI is InChI=1S/C18H22N4O4/c1-21-11-13(16(23)19-8-9-26-2)14-15(21)17(24)22(18(25)20-14)10-12-6-4-3-5-7-12/h3-7,11,14-15H,8-10H2,1-2H3,(H,19,23)(H,20,25). The molecular weight excluding hydrogens is 336 g/mol. The lowest BCUT2D eigenvalue weighted by Gasteiger charge is -2.37. The number of carbonyl (C=O) groups excluding carboxylic acids is 3. The Bertz CT molecular complexity index is 734. The van der Waals surface area contributed by atoms with Crippen molar-refractivity contribution in [2.45, 2.75) is 18.6 Å². The molecule has 0 bridgehead atoms. The highest BCUT2D eigenvalue weighted by Gasteiger charge is 2.49. The number of amides is 4. The maximum absolute atomic E-state index is 12.9. The van der Waals surface area contributed by atoms with Crippen molar-refractivity contribution in [2.75, 3.05) is 27.3 Å². The zero-order valence-corrected chi connectivity index (χ0v) is 14.8. The van der Waals surface area contributed by atoms with E-state index in [9.17, 15) is 14.4 Å². The predicted molar refractivity (Wildman–Crippen MR) is 93.8 cm³/mol. The number of nitrogens with one attached hydrogen (secondary N) is 2. The van der Waals surface area contributed by atoms with Crippen molar-refractivity contribution in [3.05, 3.63) is 47.7 Å². The molecule has 2 N–H and O–H groups in total. The first-order valence-corrected chi connectivity index (χ1v) is 8.39. The molecule has 2 aliphatic rings. The molecule has 2 aliphatic heterocycles. The molecule has 4 amide bonds. The van der Waals surface area contributed by atoms with E-state index in [1.54, 1.807) is 25.3 Å². The van der Waals surface area contributed by atoms with E-state index < -0.39 is 18.1 Å². The maximum atomic E-state index is 12.9. The molecule has 3 rings (SSSR count). The Balaban J connectivity index is 1.73. The summed E-state index contributed by atoms with van der Waals surface area (Å²) in [7, 11) is 3.27. The Kier molecular flexibility index (Phi) is 5.22. The Hall–Kier alpha value is -2.87. The lowest BCUT2D eigenvalue weighted by atomic mass is 9.99. The van der Waals surface area contributed by atoms with Gasteiger partial charge in [0.05, 0.1) is 24.8 Å². The second-order valence-corrected chi connectivity index (χ2v) is 6.28. The van der Waals surface area contributed by atoms with Crippen LogP contribution in [0.3, 0.4) is 0 Å². The highest BCUT2D eigenvalue weighted by molar-refractivity contribution is 6.05. The van der Waals surface area contributed by atoms with Crippen LogP contribution in [0.25, 0.3) is 0 Å². The summed E-state index contributed by atoms with van der Waals surface area (Å²) in [6.07, 6.45) is 1.61. The van der Waals surface area contributed by atoms with Gasteiger partial charge in [0.15, 0.2) is 0 Å². The number of ether oxygens (including phenoxy) is 1. The van der Waals surface area contributed by atoms with Gasteiger partial charge in [-0.05, 0) is 5.56 Å². The number of hydrogen-bond acceptors (Lipinski definition) is 5. The van der Waals surface area contributed by atoms with E-state index in [1.165, 1.54) is 4.90 Å². The van der Waals surface area contributed by atoms with E-state index in [1.807, 2.05) is 30.3 Å². The molecule has 0 radical (unpaired) electrons. The summed E-state index contributed by atoms with van der Waals surface area (Å²) in [4.78, 5) is 40.6.